The van der Waals surface area contributed by atoms with Crippen LogP contribution < -0.4 is 4.72 Å². The molecule has 5 nitrogen and oxygen atoms in total. The van der Waals surface area contributed by atoms with Gasteiger partial charge in [-0.05, 0) is 12.1 Å². The number of hydrogen-bond donors (Lipinski definition) is 2. The number of benzene rings is 1. The largest absolute Gasteiger partial charge is 0.388 e. The van der Waals surface area contributed by atoms with Crippen molar-refractivity contribution in [3.8, 4) is 0 Å². The molecular weight excluding hydrogens is 292 g/mol. The molecule has 1 fully saturated rings. The molecule has 0 saturated carbocycles. The Hall–Kier alpha value is -1.09. The van der Waals surface area contributed by atoms with Crippen molar-refractivity contribution in [1.82, 2.24) is 4.72 Å². The molecule has 1 aromatic rings. The number of nitrogens with one attached hydrogen (secondary N) is 1. The van der Waals surface area contributed by atoms with E-state index < -0.39 is 32.2 Å². The normalized spacial score (nSPS) is 18.9. The van der Waals surface area contributed by atoms with Crippen molar-refractivity contribution in [2.24, 2.45) is 0 Å². The van der Waals surface area contributed by atoms with E-state index in [0.717, 1.165) is 18.2 Å². The lowest BCUT2D eigenvalue weighted by molar-refractivity contribution is -0.0588. The fourth-order valence-electron chi connectivity index (χ4n) is 1.97. The van der Waals surface area contributed by atoms with Crippen molar-refractivity contribution in [1.29, 1.82) is 0 Å². The molecule has 0 atom stereocenters. The number of rotatable bonds is 4. The monoisotopic (exact) mass is 307 g/mol. The maximum absolute atomic E-state index is 13.5. The van der Waals surface area contributed by atoms with Crippen molar-refractivity contribution in [2.75, 3.05) is 19.8 Å². The number of aliphatic hydroxyl groups is 1. The van der Waals surface area contributed by atoms with Gasteiger partial charge in [-0.1, -0.05) is 6.07 Å². The Morgan fingerprint density at radius 3 is 2.35 bits per heavy atom. The van der Waals surface area contributed by atoms with Gasteiger partial charge in [0.25, 0.3) is 0 Å². The van der Waals surface area contributed by atoms with E-state index in [9.17, 15) is 22.3 Å². The first kappa shape index (κ1) is 15.3. The first-order valence-electron chi connectivity index (χ1n) is 6.08. The van der Waals surface area contributed by atoms with Crippen LogP contribution >= 0.6 is 0 Å². The van der Waals surface area contributed by atoms with Crippen LogP contribution in [0.2, 0.25) is 0 Å². The fraction of sp³-hybridized carbons (Fsp3) is 0.500. The summed E-state index contributed by atoms with van der Waals surface area (Å²) in [6, 6.07) is 2.80. The van der Waals surface area contributed by atoms with Crippen LogP contribution in [0.4, 0.5) is 8.78 Å². The molecule has 1 aromatic carbocycles. The molecule has 0 amide bonds. The third kappa shape index (κ3) is 3.32. The Bertz CT molecular complexity index is 565. The van der Waals surface area contributed by atoms with Crippen LogP contribution in [0.15, 0.2) is 23.1 Å². The molecule has 1 saturated heterocycles. The highest BCUT2D eigenvalue weighted by atomic mass is 32.2. The zero-order valence-electron chi connectivity index (χ0n) is 10.6. The number of ether oxygens (including phenoxy) is 1. The molecule has 2 rings (SSSR count). The van der Waals surface area contributed by atoms with Gasteiger partial charge < -0.3 is 9.84 Å². The van der Waals surface area contributed by atoms with Gasteiger partial charge >= 0.3 is 0 Å². The Kier molecular flexibility index (Phi) is 4.38. The summed E-state index contributed by atoms with van der Waals surface area (Å²) >= 11 is 0. The van der Waals surface area contributed by atoms with Gasteiger partial charge in [0.2, 0.25) is 10.0 Å². The fourth-order valence-corrected chi connectivity index (χ4v) is 3.22. The molecule has 0 unspecified atom stereocenters. The highest BCUT2D eigenvalue weighted by Gasteiger charge is 2.33. The number of hydrogen-bond acceptors (Lipinski definition) is 4. The lowest BCUT2D eigenvalue weighted by Crippen LogP contribution is -2.46. The zero-order valence-corrected chi connectivity index (χ0v) is 11.4. The molecule has 2 N–H and O–H groups in total. The molecular formula is C12H15F2NO4S. The maximum atomic E-state index is 13.5. The van der Waals surface area contributed by atoms with E-state index in [-0.39, 0.29) is 19.4 Å². The molecule has 1 aliphatic rings. The highest BCUT2D eigenvalue weighted by molar-refractivity contribution is 7.89. The summed E-state index contributed by atoms with van der Waals surface area (Å²) in [5, 5.41) is 10.1. The molecule has 8 heteroatoms. The first-order valence-corrected chi connectivity index (χ1v) is 7.56. The summed E-state index contributed by atoms with van der Waals surface area (Å²) in [4.78, 5) is -1.03. The Balaban J connectivity index is 2.15. The number of sulfonamides is 1. The molecule has 1 aliphatic heterocycles. The SMILES string of the molecule is O=S(=O)(NCC1(O)CCOCC1)c1c(F)cccc1F. The molecule has 0 aromatic heterocycles. The van der Waals surface area contributed by atoms with E-state index in [1.807, 2.05) is 0 Å². The standard InChI is InChI=1S/C12H15F2NO4S/c13-9-2-1-3-10(14)11(9)20(17,18)15-8-12(16)4-6-19-7-5-12/h1-3,15-16H,4-8H2. The first-order chi connectivity index (χ1) is 9.34. The average molecular weight is 307 g/mol. The quantitative estimate of drug-likeness (QED) is 0.862. The average Bonchev–Trinajstić information content (AvgIpc) is 2.37. The van der Waals surface area contributed by atoms with Crippen LogP contribution in [0.5, 0.6) is 0 Å². The van der Waals surface area contributed by atoms with Crippen molar-refractivity contribution in [3.05, 3.63) is 29.8 Å². The van der Waals surface area contributed by atoms with Gasteiger partial charge in [0.15, 0.2) is 4.90 Å². The predicted octanol–water partition coefficient (Wildman–Crippen LogP) is 0.785. The van der Waals surface area contributed by atoms with Crippen LogP contribution in [0.1, 0.15) is 12.8 Å². The summed E-state index contributed by atoms with van der Waals surface area (Å²) in [6.45, 7) is 0.311. The van der Waals surface area contributed by atoms with Crippen molar-refractivity contribution in [3.63, 3.8) is 0 Å². The van der Waals surface area contributed by atoms with Gasteiger partial charge in [0, 0.05) is 32.6 Å². The topological polar surface area (TPSA) is 75.6 Å². The highest BCUT2D eigenvalue weighted by Crippen LogP contribution is 2.22. The van der Waals surface area contributed by atoms with Gasteiger partial charge in [-0.2, -0.15) is 0 Å². The second-order valence-electron chi connectivity index (χ2n) is 4.71. The predicted molar refractivity (Wildman–Crippen MR) is 66.5 cm³/mol. The van der Waals surface area contributed by atoms with Gasteiger partial charge in [-0.25, -0.2) is 21.9 Å². The summed E-state index contributed by atoms with van der Waals surface area (Å²) in [6.07, 6.45) is 0.518. The van der Waals surface area contributed by atoms with Gasteiger partial charge in [0.05, 0.1) is 5.60 Å². The minimum absolute atomic E-state index is 0.259. The van der Waals surface area contributed by atoms with Crippen molar-refractivity contribution >= 4 is 10.0 Å². The van der Waals surface area contributed by atoms with Gasteiger partial charge in [0.1, 0.15) is 11.6 Å². The molecule has 0 radical (unpaired) electrons. The summed E-state index contributed by atoms with van der Waals surface area (Å²) in [5.41, 5.74) is -1.26. The van der Waals surface area contributed by atoms with E-state index in [1.165, 1.54) is 0 Å². The molecule has 1 heterocycles. The van der Waals surface area contributed by atoms with E-state index in [2.05, 4.69) is 4.72 Å². The third-order valence-electron chi connectivity index (χ3n) is 3.20. The molecule has 112 valence electrons. The van der Waals surface area contributed by atoms with Crippen LogP contribution in [-0.4, -0.2) is 38.9 Å². The summed E-state index contributed by atoms with van der Waals surface area (Å²) in [5.74, 6) is -2.34. The van der Waals surface area contributed by atoms with E-state index in [4.69, 9.17) is 4.74 Å². The zero-order chi connectivity index (χ0) is 14.8. The Morgan fingerprint density at radius 2 is 1.80 bits per heavy atom. The lowest BCUT2D eigenvalue weighted by atomic mass is 9.95. The number of halogens is 2. The Morgan fingerprint density at radius 1 is 1.25 bits per heavy atom. The van der Waals surface area contributed by atoms with E-state index >= 15 is 0 Å². The lowest BCUT2D eigenvalue weighted by Gasteiger charge is -2.31. The molecule has 0 spiro atoms. The van der Waals surface area contributed by atoms with Crippen LogP contribution in [-0.2, 0) is 14.8 Å². The smallest absolute Gasteiger partial charge is 0.246 e. The minimum Gasteiger partial charge on any atom is -0.388 e. The Labute approximate surface area is 115 Å². The van der Waals surface area contributed by atoms with Gasteiger partial charge in [-0.3, -0.25) is 0 Å². The van der Waals surface area contributed by atoms with Crippen molar-refractivity contribution < 1.29 is 27.0 Å². The summed E-state index contributed by atoms with van der Waals surface area (Å²) in [7, 11) is -4.36. The second-order valence-corrected chi connectivity index (χ2v) is 6.42. The van der Waals surface area contributed by atoms with Crippen LogP contribution in [0.3, 0.4) is 0 Å². The van der Waals surface area contributed by atoms with Crippen LogP contribution in [0.25, 0.3) is 0 Å². The maximum Gasteiger partial charge on any atom is 0.246 e. The summed E-state index contributed by atoms with van der Waals surface area (Å²) < 4.78 is 57.9. The van der Waals surface area contributed by atoms with Gasteiger partial charge in [-0.15, -0.1) is 0 Å². The third-order valence-corrected chi connectivity index (χ3v) is 4.65. The molecule has 0 aliphatic carbocycles. The second kappa shape index (κ2) is 5.72. The van der Waals surface area contributed by atoms with Crippen LogP contribution in [0, 0.1) is 11.6 Å². The minimum atomic E-state index is -4.36. The molecule has 0 bridgehead atoms. The van der Waals surface area contributed by atoms with E-state index in [0.29, 0.717) is 13.2 Å². The van der Waals surface area contributed by atoms with Crippen molar-refractivity contribution in [2.45, 2.75) is 23.3 Å². The van der Waals surface area contributed by atoms with E-state index in [1.54, 1.807) is 0 Å². The molecule has 20 heavy (non-hydrogen) atoms.